The smallest absolute Gasteiger partial charge is 0.140 e. The zero-order valence-corrected chi connectivity index (χ0v) is 12.7. The minimum Gasteiger partial charge on any atom is -0.379 e. The van der Waals surface area contributed by atoms with E-state index in [0.717, 1.165) is 38.5 Å². The summed E-state index contributed by atoms with van der Waals surface area (Å²) < 4.78 is 7.87. The van der Waals surface area contributed by atoms with Crippen LogP contribution in [0.2, 0.25) is 0 Å². The Labute approximate surface area is 121 Å². The number of hydrogen-bond donors (Lipinski definition) is 1. The summed E-state index contributed by atoms with van der Waals surface area (Å²) in [6.07, 6.45) is 4.05. The average molecular weight is 275 g/mol. The van der Waals surface area contributed by atoms with Gasteiger partial charge >= 0.3 is 0 Å². The minimum atomic E-state index is 0.582. The molecule has 0 aromatic carbocycles. The zero-order valence-electron chi connectivity index (χ0n) is 12.7. The first kappa shape index (κ1) is 15.0. The van der Waals surface area contributed by atoms with Crippen LogP contribution in [0.15, 0.2) is 24.5 Å². The Morgan fingerprint density at radius 3 is 3.00 bits per heavy atom. The molecule has 0 aliphatic heterocycles. The lowest BCUT2D eigenvalue weighted by Crippen LogP contribution is -2.11. The molecular formula is C16H25N3O. The normalized spacial score (nSPS) is 11.6. The van der Waals surface area contributed by atoms with E-state index in [-0.39, 0.29) is 0 Å². The highest BCUT2D eigenvalue weighted by atomic mass is 16.5. The SMILES string of the molecule is CCNCc1cn(CCOCC(C)C)c2ncccc12. The predicted octanol–water partition coefficient (Wildman–Crippen LogP) is 2.82. The Morgan fingerprint density at radius 2 is 2.25 bits per heavy atom. The summed E-state index contributed by atoms with van der Waals surface area (Å²) >= 11 is 0. The van der Waals surface area contributed by atoms with Crippen molar-refractivity contribution in [2.24, 2.45) is 5.92 Å². The van der Waals surface area contributed by atoms with Crippen LogP contribution in [0.4, 0.5) is 0 Å². The third kappa shape index (κ3) is 3.81. The van der Waals surface area contributed by atoms with Crippen molar-refractivity contribution >= 4 is 11.0 Å². The van der Waals surface area contributed by atoms with Crippen LogP contribution in [0.25, 0.3) is 11.0 Å². The van der Waals surface area contributed by atoms with Crippen LogP contribution in [-0.4, -0.2) is 29.3 Å². The van der Waals surface area contributed by atoms with Gasteiger partial charge in [-0.1, -0.05) is 20.8 Å². The largest absolute Gasteiger partial charge is 0.379 e. The summed E-state index contributed by atoms with van der Waals surface area (Å²) in [6.45, 7) is 10.7. The molecule has 2 aromatic heterocycles. The van der Waals surface area contributed by atoms with Crippen LogP contribution in [0.3, 0.4) is 0 Å². The van der Waals surface area contributed by atoms with E-state index in [1.165, 1.54) is 10.9 Å². The number of aromatic nitrogens is 2. The van der Waals surface area contributed by atoms with Crippen molar-refractivity contribution in [1.29, 1.82) is 0 Å². The van der Waals surface area contributed by atoms with Gasteiger partial charge in [0.1, 0.15) is 5.65 Å². The van der Waals surface area contributed by atoms with Crippen molar-refractivity contribution in [3.63, 3.8) is 0 Å². The summed E-state index contributed by atoms with van der Waals surface area (Å²) in [7, 11) is 0. The van der Waals surface area contributed by atoms with E-state index in [9.17, 15) is 0 Å². The number of nitrogens with zero attached hydrogens (tertiary/aromatic N) is 2. The maximum Gasteiger partial charge on any atom is 0.140 e. The molecule has 2 aromatic rings. The molecule has 0 aliphatic carbocycles. The molecule has 110 valence electrons. The van der Waals surface area contributed by atoms with E-state index in [1.54, 1.807) is 0 Å². The molecule has 0 atom stereocenters. The van der Waals surface area contributed by atoms with Crippen molar-refractivity contribution < 1.29 is 4.74 Å². The lowest BCUT2D eigenvalue weighted by Gasteiger charge is -2.08. The van der Waals surface area contributed by atoms with Crippen molar-refractivity contribution in [3.05, 3.63) is 30.1 Å². The van der Waals surface area contributed by atoms with Gasteiger partial charge in [-0.3, -0.25) is 0 Å². The highest BCUT2D eigenvalue weighted by Gasteiger charge is 2.08. The van der Waals surface area contributed by atoms with E-state index in [1.807, 2.05) is 12.3 Å². The van der Waals surface area contributed by atoms with Gasteiger partial charge in [-0.2, -0.15) is 0 Å². The number of hydrogen-bond acceptors (Lipinski definition) is 3. The molecule has 0 unspecified atom stereocenters. The first-order valence-electron chi connectivity index (χ1n) is 7.43. The molecule has 20 heavy (non-hydrogen) atoms. The second kappa shape index (κ2) is 7.41. The highest BCUT2D eigenvalue weighted by Crippen LogP contribution is 2.19. The summed E-state index contributed by atoms with van der Waals surface area (Å²) in [5.74, 6) is 0.582. The van der Waals surface area contributed by atoms with Crippen molar-refractivity contribution in [2.45, 2.75) is 33.9 Å². The number of ether oxygens (including phenoxy) is 1. The fraction of sp³-hybridized carbons (Fsp3) is 0.562. The van der Waals surface area contributed by atoms with E-state index in [2.05, 4.69) is 47.9 Å². The van der Waals surface area contributed by atoms with Gasteiger partial charge in [0, 0.05) is 37.5 Å². The Morgan fingerprint density at radius 1 is 1.40 bits per heavy atom. The molecule has 0 amide bonds. The molecule has 0 saturated carbocycles. The highest BCUT2D eigenvalue weighted by molar-refractivity contribution is 5.80. The maximum atomic E-state index is 5.67. The van der Waals surface area contributed by atoms with Crippen LogP contribution >= 0.6 is 0 Å². The first-order chi connectivity index (χ1) is 9.72. The van der Waals surface area contributed by atoms with Gasteiger partial charge in [-0.15, -0.1) is 0 Å². The molecule has 0 saturated heterocycles. The third-order valence-corrected chi connectivity index (χ3v) is 3.21. The predicted molar refractivity (Wildman–Crippen MR) is 82.8 cm³/mol. The van der Waals surface area contributed by atoms with E-state index in [0.29, 0.717) is 5.92 Å². The quantitative estimate of drug-likeness (QED) is 0.753. The Kier molecular flexibility index (Phi) is 5.56. The first-order valence-corrected chi connectivity index (χ1v) is 7.43. The molecule has 2 rings (SSSR count). The molecule has 0 spiro atoms. The average Bonchev–Trinajstić information content (AvgIpc) is 2.80. The summed E-state index contributed by atoms with van der Waals surface area (Å²) in [6, 6.07) is 4.14. The lowest BCUT2D eigenvalue weighted by molar-refractivity contribution is 0.104. The number of fused-ring (bicyclic) bond motifs is 1. The van der Waals surface area contributed by atoms with Gasteiger partial charge in [0.25, 0.3) is 0 Å². The fourth-order valence-electron chi connectivity index (χ4n) is 2.25. The van der Waals surface area contributed by atoms with Crippen LogP contribution in [0, 0.1) is 5.92 Å². The molecule has 1 N–H and O–H groups in total. The van der Waals surface area contributed by atoms with Crippen LogP contribution in [0.5, 0.6) is 0 Å². The monoisotopic (exact) mass is 275 g/mol. The van der Waals surface area contributed by atoms with E-state index in [4.69, 9.17) is 4.74 Å². The topological polar surface area (TPSA) is 39.1 Å². The van der Waals surface area contributed by atoms with Gasteiger partial charge in [-0.25, -0.2) is 4.98 Å². The van der Waals surface area contributed by atoms with Gasteiger partial charge in [-0.05, 0) is 30.2 Å². The molecule has 4 heteroatoms. The standard InChI is InChI=1S/C16H25N3O/c1-4-17-10-14-11-19(8-9-20-12-13(2)3)16-15(14)6-5-7-18-16/h5-7,11,13,17H,4,8-10,12H2,1-3H3. The zero-order chi connectivity index (χ0) is 14.4. The minimum absolute atomic E-state index is 0.582. The molecule has 0 bridgehead atoms. The fourth-order valence-corrected chi connectivity index (χ4v) is 2.25. The van der Waals surface area contributed by atoms with Crippen molar-refractivity contribution in [1.82, 2.24) is 14.9 Å². The molecule has 2 heterocycles. The Balaban J connectivity index is 2.08. The van der Waals surface area contributed by atoms with Crippen LogP contribution in [-0.2, 0) is 17.8 Å². The van der Waals surface area contributed by atoms with Gasteiger partial charge < -0.3 is 14.6 Å². The second-order valence-electron chi connectivity index (χ2n) is 5.47. The second-order valence-corrected chi connectivity index (χ2v) is 5.47. The van der Waals surface area contributed by atoms with Gasteiger partial charge in [0.05, 0.1) is 6.61 Å². The van der Waals surface area contributed by atoms with Gasteiger partial charge in [0.15, 0.2) is 0 Å². The number of rotatable bonds is 8. The number of pyridine rings is 1. The van der Waals surface area contributed by atoms with Crippen LogP contribution in [0.1, 0.15) is 26.3 Å². The van der Waals surface area contributed by atoms with Gasteiger partial charge in [0.2, 0.25) is 0 Å². The molecular weight excluding hydrogens is 250 g/mol. The Hall–Kier alpha value is -1.39. The van der Waals surface area contributed by atoms with Crippen molar-refractivity contribution in [2.75, 3.05) is 19.8 Å². The van der Waals surface area contributed by atoms with E-state index >= 15 is 0 Å². The van der Waals surface area contributed by atoms with Crippen molar-refractivity contribution in [3.8, 4) is 0 Å². The molecule has 0 fully saturated rings. The summed E-state index contributed by atoms with van der Waals surface area (Å²) in [4.78, 5) is 4.50. The third-order valence-electron chi connectivity index (χ3n) is 3.21. The summed E-state index contributed by atoms with van der Waals surface area (Å²) in [5.41, 5.74) is 2.35. The van der Waals surface area contributed by atoms with E-state index < -0.39 is 0 Å². The summed E-state index contributed by atoms with van der Waals surface area (Å²) in [5, 5.41) is 4.61. The molecule has 0 aliphatic rings. The lowest BCUT2D eigenvalue weighted by atomic mass is 10.2. The maximum absolute atomic E-state index is 5.67. The molecule has 4 nitrogen and oxygen atoms in total. The number of nitrogens with one attached hydrogen (secondary N) is 1. The molecule has 0 radical (unpaired) electrons. The Bertz CT molecular complexity index is 534. The van der Waals surface area contributed by atoms with Crippen LogP contribution < -0.4 is 5.32 Å².